The minimum atomic E-state index is 0. The monoisotopic (exact) mass is 225 g/mol. The molecular weight excluding hydrogens is 210 g/mol. The van der Waals surface area contributed by atoms with E-state index in [1.165, 1.54) is 18.4 Å². The maximum Gasteiger partial charge on any atom is 0.123 e. The Morgan fingerprint density at radius 1 is 1.27 bits per heavy atom. The van der Waals surface area contributed by atoms with Crippen LogP contribution in [0.5, 0.6) is 5.75 Å². The summed E-state index contributed by atoms with van der Waals surface area (Å²) in [6, 6.07) is 8.46. The largest absolute Gasteiger partial charge is 0.492 e. The molecule has 15 heavy (non-hydrogen) atoms. The third kappa shape index (κ3) is 1.62. The van der Waals surface area contributed by atoms with Crippen molar-refractivity contribution in [1.29, 1.82) is 0 Å². The van der Waals surface area contributed by atoms with Crippen LogP contribution in [0.3, 0.4) is 0 Å². The van der Waals surface area contributed by atoms with Gasteiger partial charge in [0.05, 0.1) is 6.61 Å². The number of hydrogen-bond donors (Lipinski definition) is 1. The van der Waals surface area contributed by atoms with Gasteiger partial charge in [-0.1, -0.05) is 18.2 Å². The number of halogens is 1. The molecule has 1 spiro atoms. The van der Waals surface area contributed by atoms with E-state index in [-0.39, 0.29) is 17.8 Å². The van der Waals surface area contributed by atoms with Crippen LogP contribution in [-0.4, -0.2) is 19.7 Å². The Labute approximate surface area is 96.4 Å². The Hall–Kier alpha value is -0.730. The predicted molar refractivity (Wildman–Crippen MR) is 63.0 cm³/mol. The first-order valence-corrected chi connectivity index (χ1v) is 5.34. The normalized spacial score (nSPS) is 28.0. The van der Waals surface area contributed by atoms with Crippen molar-refractivity contribution in [3.63, 3.8) is 0 Å². The van der Waals surface area contributed by atoms with Crippen LogP contribution in [0.2, 0.25) is 0 Å². The Balaban J connectivity index is 0.000000853. The summed E-state index contributed by atoms with van der Waals surface area (Å²) in [7, 11) is 0. The van der Waals surface area contributed by atoms with Gasteiger partial charge in [0.1, 0.15) is 5.75 Å². The van der Waals surface area contributed by atoms with E-state index in [2.05, 4.69) is 23.5 Å². The second-order valence-corrected chi connectivity index (χ2v) is 4.35. The van der Waals surface area contributed by atoms with Crippen molar-refractivity contribution in [2.45, 2.75) is 18.3 Å². The molecule has 0 saturated carbocycles. The molecule has 2 nitrogen and oxygen atoms in total. The van der Waals surface area contributed by atoms with Crippen LogP contribution in [0.15, 0.2) is 24.3 Å². The van der Waals surface area contributed by atoms with Gasteiger partial charge in [0.25, 0.3) is 0 Å². The van der Waals surface area contributed by atoms with Crippen LogP contribution >= 0.6 is 12.4 Å². The van der Waals surface area contributed by atoms with E-state index in [0.29, 0.717) is 0 Å². The van der Waals surface area contributed by atoms with Crippen molar-refractivity contribution in [2.75, 3.05) is 19.7 Å². The first-order chi connectivity index (χ1) is 6.91. The lowest BCUT2D eigenvalue weighted by atomic mass is 9.76. The molecule has 2 heterocycles. The molecule has 1 aromatic carbocycles. The van der Waals surface area contributed by atoms with Gasteiger partial charge in [-0.15, -0.1) is 12.4 Å². The Kier molecular flexibility index (Phi) is 2.89. The van der Waals surface area contributed by atoms with Crippen molar-refractivity contribution < 1.29 is 4.74 Å². The quantitative estimate of drug-likeness (QED) is 0.731. The molecule has 0 amide bonds. The summed E-state index contributed by atoms with van der Waals surface area (Å²) in [4.78, 5) is 0. The van der Waals surface area contributed by atoms with Crippen LogP contribution in [0.1, 0.15) is 18.4 Å². The van der Waals surface area contributed by atoms with Crippen molar-refractivity contribution >= 4 is 12.4 Å². The SMILES string of the molecule is Cl.c1ccc2c(c1)OCC21CCCNC1. The van der Waals surface area contributed by atoms with Gasteiger partial charge in [0.2, 0.25) is 0 Å². The number of hydrogen-bond acceptors (Lipinski definition) is 2. The zero-order valence-corrected chi connectivity index (χ0v) is 9.48. The maximum absolute atomic E-state index is 5.75. The first-order valence-electron chi connectivity index (χ1n) is 5.34. The van der Waals surface area contributed by atoms with Gasteiger partial charge in [0, 0.05) is 17.5 Å². The lowest BCUT2D eigenvalue weighted by Gasteiger charge is -2.32. The number of piperidine rings is 1. The molecule has 0 radical (unpaired) electrons. The van der Waals surface area contributed by atoms with E-state index in [9.17, 15) is 0 Å². The topological polar surface area (TPSA) is 21.3 Å². The summed E-state index contributed by atoms with van der Waals surface area (Å²) in [5.74, 6) is 1.09. The highest BCUT2D eigenvalue weighted by atomic mass is 35.5. The molecule has 0 aromatic heterocycles. The fourth-order valence-corrected chi connectivity index (χ4v) is 2.65. The molecular formula is C12H16ClNO. The molecule has 1 N–H and O–H groups in total. The third-order valence-corrected chi connectivity index (χ3v) is 3.43. The smallest absolute Gasteiger partial charge is 0.123 e. The summed E-state index contributed by atoms with van der Waals surface area (Å²) in [6.45, 7) is 3.09. The van der Waals surface area contributed by atoms with Crippen molar-refractivity contribution in [1.82, 2.24) is 5.32 Å². The second kappa shape index (κ2) is 4.03. The van der Waals surface area contributed by atoms with Crippen molar-refractivity contribution in [2.24, 2.45) is 0 Å². The molecule has 3 heteroatoms. The van der Waals surface area contributed by atoms with Crippen molar-refractivity contribution in [3.8, 4) is 5.75 Å². The Bertz CT molecular complexity index is 342. The molecule has 1 fully saturated rings. The molecule has 0 bridgehead atoms. The summed E-state index contributed by atoms with van der Waals surface area (Å²) >= 11 is 0. The average Bonchev–Trinajstić information content (AvgIpc) is 2.60. The highest BCUT2D eigenvalue weighted by molar-refractivity contribution is 5.85. The van der Waals surface area contributed by atoms with E-state index in [1.54, 1.807) is 0 Å². The summed E-state index contributed by atoms with van der Waals surface area (Å²) < 4.78 is 5.75. The fourth-order valence-electron chi connectivity index (χ4n) is 2.65. The molecule has 1 atom stereocenters. The maximum atomic E-state index is 5.75. The van der Waals surface area contributed by atoms with E-state index in [0.717, 1.165) is 25.4 Å². The minimum Gasteiger partial charge on any atom is -0.492 e. The zero-order chi connectivity index (χ0) is 9.43. The van der Waals surface area contributed by atoms with E-state index in [1.807, 2.05) is 6.07 Å². The van der Waals surface area contributed by atoms with Gasteiger partial charge in [0.15, 0.2) is 0 Å². The zero-order valence-electron chi connectivity index (χ0n) is 8.66. The van der Waals surface area contributed by atoms with Crippen LogP contribution < -0.4 is 10.1 Å². The number of rotatable bonds is 0. The van der Waals surface area contributed by atoms with Gasteiger partial charge < -0.3 is 10.1 Å². The number of para-hydroxylation sites is 1. The highest BCUT2D eigenvalue weighted by Gasteiger charge is 2.41. The van der Waals surface area contributed by atoms with Gasteiger partial charge in [-0.05, 0) is 25.5 Å². The minimum absolute atomic E-state index is 0. The van der Waals surface area contributed by atoms with E-state index < -0.39 is 0 Å². The van der Waals surface area contributed by atoms with Gasteiger partial charge in [-0.2, -0.15) is 0 Å². The molecule has 82 valence electrons. The van der Waals surface area contributed by atoms with E-state index >= 15 is 0 Å². The lowest BCUT2D eigenvalue weighted by Crippen LogP contribution is -2.44. The van der Waals surface area contributed by atoms with Gasteiger partial charge in [-0.3, -0.25) is 0 Å². The van der Waals surface area contributed by atoms with Crippen LogP contribution in [0.25, 0.3) is 0 Å². The molecule has 1 aromatic rings. The van der Waals surface area contributed by atoms with Crippen LogP contribution in [0, 0.1) is 0 Å². The lowest BCUT2D eigenvalue weighted by molar-refractivity contribution is 0.224. The first kappa shape index (κ1) is 10.8. The second-order valence-electron chi connectivity index (χ2n) is 4.35. The average molecular weight is 226 g/mol. The Morgan fingerprint density at radius 3 is 2.93 bits per heavy atom. The Morgan fingerprint density at radius 2 is 2.13 bits per heavy atom. The number of benzene rings is 1. The number of ether oxygens (including phenoxy) is 1. The molecule has 0 aliphatic carbocycles. The van der Waals surface area contributed by atoms with Crippen LogP contribution in [-0.2, 0) is 5.41 Å². The summed E-state index contributed by atoms with van der Waals surface area (Å²) in [5.41, 5.74) is 1.68. The highest BCUT2D eigenvalue weighted by Crippen LogP contribution is 2.42. The molecule has 1 saturated heterocycles. The van der Waals surface area contributed by atoms with Crippen LogP contribution in [0.4, 0.5) is 0 Å². The molecule has 2 aliphatic heterocycles. The van der Waals surface area contributed by atoms with Gasteiger partial charge >= 0.3 is 0 Å². The molecule has 2 aliphatic rings. The summed E-state index contributed by atoms with van der Waals surface area (Å²) in [5, 5.41) is 3.48. The van der Waals surface area contributed by atoms with Crippen molar-refractivity contribution in [3.05, 3.63) is 29.8 Å². The third-order valence-electron chi connectivity index (χ3n) is 3.43. The van der Waals surface area contributed by atoms with E-state index in [4.69, 9.17) is 4.74 Å². The molecule has 3 rings (SSSR count). The fraction of sp³-hybridized carbons (Fsp3) is 0.500. The molecule has 1 unspecified atom stereocenters. The number of fused-ring (bicyclic) bond motifs is 2. The predicted octanol–water partition coefficient (Wildman–Crippen LogP) is 2.12. The standard InChI is InChI=1S/C12H15NO.ClH/c1-2-5-11-10(4-1)12(9-14-11)6-3-7-13-8-12;/h1-2,4-5,13H,3,6-9H2;1H. The summed E-state index contributed by atoms with van der Waals surface area (Å²) in [6.07, 6.45) is 2.52. The number of nitrogens with one attached hydrogen (secondary N) is 1. The van der Waals surface area contributed by atoms with Gasteiger partial charge in [-0.25, -0.2) is 0 Å².